The highest BCUT2D eigenvalue weighted by molar-refractivity contribution is 5.70. The van der Waals surface area contributed by atoms with Crippen LogP contribution in [0, 0.1) is 5.92 Å². The number of unbranched alkanes of at least 4 members (excludes halogenated alkanes) is 3. The largest absolute Gasteiger partial charge is 0.493 e. The van der Waals surface area contributed by atoms with Gasteiger partial charge < -0.3 is 14.6 Å². The van der Waals surface area contributed by atoms with Gasteiger partial charge in [-0.3, -0.25) is 9.69 Å². The normalized spacial score (nSPS) is 18.1. The Balaban J connectivity index is 2.02. The molecule has 1 fully saturated rings. The van der Waals surface area contributed by atoms with Crippen LogP contribution >= 0.6 is 0 Å². The summed E-state index contributed by atoms with van der Waals surface area (Å²) in [5.41, 5.74) is 1.07. The quantitative estimate of drug-likeness (QED) is 0.648. The monoisotopic (exact) mass is 349 g/mol. The van der Waals surface area contributed by atoms with Crippen LogP contribution in [-0.4, -0.2) is 42.8 Å². The molecule has 2 rings (SSSR count). The maximum Gasteiger partial charge on any atom is 0.307 e. The maximum atomic E-state index is 11.3. The summed E-state index contributed by atoms with van der Waals surface area (Å²) < 4.78 is 11.5. The summed E-state index contributed by atoms with van der Waals surface area (Å²) in [5.74, 6) is 0.597. The van der Waals surface area contributed by atoms with Crippen molar-refractivity contribution in [3.05, 3.63) is 23.8 Å². The van der Waals surface area contributed by atoms with Crippen molar-refractivity contribution in [1.82, 2.24) is 4.90 Å². The molecular weight excluding hydrogens is 318 g/mol. The number of hydrogen-bond acceptors (Lipinski definition) is 4. The minimum Gasteiger partial charge on any atom is -0.493 e. The number of para-hydroxylation sites is 1. The number of ether oxygens (including phenoxy) is 2. The number of carboxylic acids is 1. The molecule has 1 aromatic carbocycles. The summed E-state index contributed by atoms with van der Waals surface area (Å²) >= 11 is 0. The summed E-state index contributed by atoms with van der Waals surface area (Å²) in [6.45, 7) is 5.11. The number of carboxylic acid groups (broad SMARTS) is 1. The van der Waals surface area contributed by atoms with Gasteiger partial charge in [-0.05, 0) is 31.9 Å². The summed E-state index contributed by atoms with van der Waals surface area (Å²) in [6, 6.07) is 5.94. The lowest BCUT2D eigenvalue weighted by atomic mass is 9.98. The second kappa shape index (κ2) is 10.3. The van der Waals surface area contributed by atoms with Crippen molar-refractivity contribution in [1.29, 1.82) is 0 Å². The highest BCUT2D eigenvalue weighted by Gasteiger charge is 2.26. The topological polar surface area (TPSA) is 59.0 Å². The van der Waals surface area contributed by atoms with Crippen LogP contribution in [0.3, 0.4) is 0 Å². The standard InChI is InChI=1S/C20H31NO4/c1-3-4-5-6-13-25-19-16(9-7-11-18(19)24-2)14-21-12-8-10-17(15-21)20(22)23/h7,9,11,17H,3-6,8,10,12-15H2,1-2H3,(H,22,23). The number of aliphatic carboxylic acids is 1. The molecule has 0 spiro atoms. The SMILES string of the molecule is CCCCCCOc1c(CN2CCCC(C(=O)O)C2)cccc1OC. The van der Waals surface area contributed by atoms with Crippen molar-refractivity contribution < 1.29 is 19.4 Å². The lowest BCUT2D eigenvalue weighted by Crippen LogP contribution is -2.38. The predicted molar refractivity (Wildman–Crippen MR) is 98.3 cm³/mol. The summed E-state index contributed by atoms with van der Waals surface area (Å²) in [5, 5.41) is 9.27. The van der Waals surface area contributed by atoms with E-state index in [1.165, 1.54) is 19.3 Å². The molecule has 1 unspecified atom stereocenters. The smallest absolute Gasteiger partial charge is 0.307 e. The minimum atomic E-state index is -0.692. The molecule has 140 valence electrons. The Labute approximate surface area is 150 Å². The number of piperidine rings is 1. The predicted octanol–water partition coefficient (Wildman–Crippen LogP) is 3.95. The molecule has 0 aromatic heterocycles. The Kier molecular flexibility index (Phi) is 8.06. The molecule has 1 heterocycles. The van der Waals surface area contributed by atoms with Crippen LogP contribution in [0.1, 0.15) is 51.0 Å². The van der Waals surface area contributed by atoms with Gasteiger partial charge in [-0.15, -0.1) is 0 Å². The third kappa shape index (κ3) is 5.92. The molecule has 0 radical (unpaired) electrons. The van der Waals surface area contributed by atoms with Crippen LogP contribution in [0.25, 0.3) is 0 Å². The van der Waals surface area contributed by atoms with Crippen LogP contribution in [0.5, 0.6) is 11.5 Å². The lowest BCUT2D eigenvalue weighted by Gasteiger charge is -2.31. The molecular formula is C20H31NO4. The van der Waals surface area contributed by atoms with E-state index in [4.69, 9.17) is 9.47 Å². The lowest BCUT2D eigenvalue weighted by molar-refractivity contribution is -0.143. The van der Waals surface area contributed by atoms with Crippen LogP contribution in [0.15, 0.2) is 18.2 Å². The first-order valence-electron chi connectivity index (χ1n) is 9.39. The van der Waals surface area contributed by atoms with Gasteiger partial charge in [0.15, 0.2) is 11.5 Å². The van der Waals surface area contributed by atoms with Crippen LogP contribution in [0.4, 0.5) is 0 Å². The fourth-order valence-electron chi connectivity index (χ4n) is 3.36. The molecule has 1 N–H and O–H groups in total. The summed E-state index contributed by atoms with van der Waals surface area (Å²) in [7, 11) is 1.66. The Morgan fingerprint density at radius 2 is 2.16 bits per heavy atom. The molecule has 0 saturated carbocycles. The Bertz CT molecular complexity index is 546. The minimum absolute atomic E-state index is 0.266. The summed E-state index contributed by atoms with van der Waals surface area (Å²) in [4.78, 5) is 13.5. The molecule has 0 amide bonds. The van der Waals surface area contributed by atoms with Gasteiger partial charge in [0.2, 0.25) is 0 Å². The molecule has 5 heteroatoms. The van der Waals surface area contributed by atoms with Crippen LogP contribution < -0.4 is 9.47 Å². The van der Waals surface area contributed by atoms with E-state index in [2.05, 4.69) is 11.8 Å². The Morgan fingerprint density at radius 3 is 2.88 bits per heavy atom. The highest BCUT2D eigenvalue weighted by atomic mass is 16.5. The second-order valence-electron chi connectivity index (χ2n) is 6.77. The number of likely N-dealkylation sites (tertiary alicyclic amines) is 1. The van der Waals surface area contributed by atoms with E-state index in [-0.39, 0.29) is 5.92 Å². The first-order chi connectivity index (χ1) is 12.2. The van der Waals surface area contributed by atoms with E-state index in [1.807, 2.05) is 18.2 Å². The van der Waals surface area contributed by atoms with Crippen molar-refractivity contribution in [2.75, 3.05) is 26.8 Å². The van der Waals surface area contributed by atoms with Gasteiger partial charge in [-0.2, -0.15) is 0 Å². The molecule has 1 aromatic rings. The highest BCUT2D eigenvalue weighted by Crippen LogP contribution is 2.33. The van der Waals surface area contributed by atoms with Crippen molar-refractivity contribution in [3.63, 3.8) is 0 Å². The van der Waals surface area contributed by atoms with E-state index in [9.17, 15) is 9.90 Å². The zero-order valence-corrected chi connectivity index (χ0v) is 15.5. The van der Waals surface area contributed by atoms with Crippen molar-refractivity contribution in [2.24, 2.45) is 5.92 Å². The fourth-order valence-corrected chi connectivity index (χ4v) is 3.36. The summed E-state index contributed by atoms with van der Waals surface area (Å²) in [6.07, 6.45) is 6.34. The Morgan fingerprint density at radius 1 is 1.32 bits per heavy atom. The van der Waals surface area contributed by atoms with Gasteiger partial charge in [0.1, 0.15) is 0 Å². The van der Waals surface area contributed by atoms with Gasteiger partial charge in [-0.1, -0.05) is 38.3 Å². The average Bonchev–Trinajstić information content (AvgIpc) is 2.62. The molecule has 0 bridgehead atoms. The Hall–Kier alpha value is -1.75. The van der Waals surface area contributed by atoms with Gasteiger partial charge >= 0.3 is 5.97 Å². The maximum absolute atomic E-state index is 11.3. The average molecular weight is 349 g/mol. The second-order valence-corrected chi connectivity index (χ2v) is 6.77. The number of methoxy groups -OCH3 is 1. The molecule has 1 atom stereocenters. The van der Waals surface area contributed by atoms with Crippen molar-refractivity contribution >= 4 is 5.97 Å². The number of rotatable bonds is 10. The zero-order valence-electron chi connectivity index (χ0n) is 15.5. The molecule has 25 heavy (non-hydrogen) atoms. The van der Waals surface area contributed by atoms with E-state index in [0.29, 0.717) is 19.7 Å². The van der Waals surface area contributed by atoms with E-state index >= 15 is 0 Å². The fraction of sp³-hybridized carbons (Fsp3) is 0.650. The van der Waals surface area contributed by atoms with Gasteiger partial charge in [0.05, 0.1) is 19.6 Å². The van der Waals surface area contributed by atoms with Crippen LogP contribution in [0.2, 0.25) is 0 Å². The number of carbonyl (C=O) groups is 1. The van der Waals surface area contributed by atoms with Crippen molar-refractivity contribution in [2.45, 2.75) is 52.0 Å². The third-order valence-corrected chi connectivity index (χ3v) is 4.77. The molecule has 1 saturated heterocycles. The molecule has 0 aliphatic carbocycles. The third-order valence-electron chi connectivity index (χ3n) is 4.77. The number of hydrogen-bond donors (Lipinski definition) is 1. The molecule has 1 aliphatic heterocycles. The number of benzene rings is 1. The first kappa shape index (κ1) is 19.6. The zero-order chi connectivity index (χ0) is 18.1. The van der Waals surface area contributed by atoms with E-state index in [0.717, 1.165) is 42.9 Å². The molecule has 5 nitrogen and oxygen atoms in total. The van der Waals surface area contributed by atoms with E-state index in [1.54, 1.807) is 7.11 Å². The van der Waals surface area contributed by atoms with Crippen LogP contribution in [-0.2, 0) is 11.3 Å². The van der Waals surface area contributed by atoms with Gasteiger partial charge in [0.25, 0.3) is 0 Å². The van der Waals surface area contributed by atoms with Gasteiger partial charge in [0, 0.05) is 18.7 Å². The number of nitrogens with zero attached hydrogens (tertiary/aromatic N) is 1. The van der Waals surface area contributed by atoms with Gasteiger partial charge in [-0.25, -0.2) is 0 Å². The molecule has 1 aliphatic rings. The first-order valence-corrected chi connectivity index (χ1v) is 9.39. The van der Waals surface area contributed by atoms with E-state index < -0.39 is 5.97 Å². The van der Waals surface area contributed by atoms with Crippen molar-refractivity contribution in [3.8, 4) is 11.5 Å².